The Bertz CT molecular complexity index is 470. The van der Waals surface area contributed by atoms with E-state index in [1.54, 1.807) is 0 Å². The third-order valence-corrected chi connectivity index (χ3v) is 4.48. The van der Waals surface area contributed by atoms with Gasteiger partial charge in [0.05, 0.1) is 6.20 Å². The van der Waals surface area contributed by atoms with Gasteiger partial charge in [0.1, 0.15) is 17.2 Å². The van der Waals surface area contributed by atoms with Gasteiger partial charge in [-0.3, -0.25) is 0 Å². The lowest BCUT2D eigenvalue weighted by molar-refractivity contribution is 0.0697. The molecule has 2 N–H and O–H groups in total. The summed E-state index contributed by atoms with van der Waals surface area (Å²) in [4.78, 5) is 15.0. The van der Waals surface area contributed by atoms with Crippen LogP contribution in [0, 0.1) is 5.82 Å². The number of hydrogen-bond donors (Lipinski definition) is 2. The average Bonchev–Trinajstić information content (AvgIpc) is 2.41. The first-order chi connectivity index (χ1) is 9.10. The fourth-order valence-corrected chi connectivity index (χ4v) is 3.23. The summed E-state index contributed by atoms with van der Waals surface area (Å²) in [5.41, 5.74) is -0.105. The van der Waals surface area contributed by atoms with Crippen LogP contribution >= 0.6 is 11.8 Å². The molecule has 2 unspecified atom stereocenters. The zero-order valence-corrected chi connectivity index (χ0v) is 11.5. The molecule has 1 aliphatic rings. The van der Waals surface area contributed by atoms with Crippen LogP contribution in [0.1, 0.15) is 36.0 Å². The number of hydrogen-bond acceptors (Lipinski definition) is 4. The van der Waals surface area contributed by atoms with E-state index in [-0.39, 0.29) is 17.4 Å². The molecular formula is C13H17FN2O2S. The van der Waals surface area contributed by atoms with Gasteiger partial charge in [0, 0.05) is 11.3 Å². The number of thioether (sulfide) groups is 1. The zero-order chi connectivity index (χ0) is 13.8. The lowest BCUT2D eigenvalue weighted by Crippen LogP contribution is -2.29. The zero-order valence-electron chi connectivity index (χ0n) is 10.7. The number of aromatic nitrogens is 1. The summed E-state index contributed by atoms with van der Waals surface area (Å²) in [5, 5.41) is 12.8. The molecular weight excluding hydrogens is 267 g/mol. The van der Waals surface area contributed by atoms with E-state index in [1.807, 2.05) is 11.8 Å². The van der Waals surface area contributed by atoms with E-state index in [0.29, 0.717) is 5.25 Å². The van der Waals surface area contributed by atoms with Crippen molar-refractivity contribution < 1.29 is 14.3 Å². The van der Waals surface area contributed by atoms with Crippen molar-refractivity contribution in [2.75, 3.05) is 11.6 Å². The third kappa shape index (κ3) is 3.59. The standard InChI is InChI=1S/C13H17FN2O2S/c1-19-10-4-2-3-9(6-10)16-12-11(13(17)18)5-8(14)7-15-12/h5,7,9-10H,2-4,6H2,1H3,(H,15,16)(H,17,18). The normalized spacial score (nSPS) is 23.1. The van der Waals surface area contributed by atoms with Crippen molar-refractivity contribution in [1.29, 1.82) is 0 Å². The highest BCUT2D eigenvalue weighted by Gasteiger charge is 2.23. The highest BCUT2D eigenvalue weighted by Crippen LogP contribution is 2.29. The van der Waals surface area contributed by atoms with Gasteiger partial charge < -0.3 is 10.4 Å². The molecule has 0 radical (unpaired) electrons. The highest BCUT2D eigenvalue weighted by atomic mass is 32.2. The molecule has 0 amide bonds. The second-order valence-electron chi connectivity index (χ2n) is 4.72. The fourth-order valence-electron chi connectivity index (χ4n) is 2.40. The Hall–Kier alpha value is -1.30. The maximum atomic E-state index is 13.0. The van der Waals surface area contributed by atoms with E-state index >= 15 is 0 Å². The number of carbonyl (C=O) groups is 1. The number of aromatic carboxylic acids is 1. The predicted molar refractivity (Wildman–Crippen MR) is 74.3 cm³/mol. The summed E-state index contributed by atoms with van der Waals surface area (Å²) in [6.07, 6.45) is 7.43. The molecule has 2 atom stereocenters. The van der Waals surface area contributed by atoms with E-state index < -0.39 is 11.8 Å². The van der Waals surface area contributed by atoms with E-state index in [0.717, 1.165) is 31.5 Å². The Morgan fingerprint density at radius 3 is 3.05 bits per heavy atom. The molecule has 1 fully saturated rings. The van der Waals surface area contributed by atoms with Crippen molar-refractivity contribution >= 4 is 23.5 Å². The molecule has 4 nitrogen and oxygen atoms in total. The smallest absolute Gasteiger partial charge is 0.339 e. The average molecular weight is 284 g/mol. The van der Waals surface area contributed by atoms with Crippen molar-refractivity contribution in [3.63, 3.8) is 0 Å². The minimum atomic E-state index is -1.16. The SMILES string of the molecule is CSC1CCCC(Nc2ncc(F)cc2C(=O)O)C1. The van der Waals surface area contributed by atoms with Crippen LogP contribution in [0.15, 0.2) is 12.3 Å². The van der Waals surface area contributed by atoms with Gasteiger partial charge >= 0.3 is 5.97 Å². The lowest BCUT2D eigenvalue weighted by atomic mass is 9.95. The molecule has 0 aromatic carbocycles. The predicted octanol–water partition coefficient (Wildman–Crippen LogP) is 3.01. The summed E-state index contributed by atoms with van der Waals surface area (Å²) in [6.45, 7) is 0. The maximum Gasteiger partial charge on any atom is 0.339 e. The second-order valence-corrected chi connectivity index (χ2v) is 5.86. The van der Waals surface area contributed by atoms with Gasteiger partial charge in [-0.15, -0.1) is 0 Å². The van der Waals surface area contributed by atoms with Crippen LogP contribution in [0.5, 0.6) is 0 Å². The largest absolute Gasteiger partial charge is 0.478 e. The first kappa shape index (κ1) is 14.1. The van der Waals surface area contributed by atoms with Crippen molar-refractivity contribution in [1.82, 2.24) is 4.98 Å². The van der Waals surface area contributed by atoms with Crippen LogP contribution in [0.25, 0.3) is 0 Å². The van der Waals surface area contributed by atoms with E-state index in [2.05, 4.69) is 16.6 Å². The summed E-state index contributed by atoms with van der Waals surface area (Å²) in [5.74, 6) is -1.53. The Labute approximate surface area is 115 Å². The number of halogens is 1. The molecule has 1 aliphatic carbocycles. The lowest BCUT2D eigenvalue weighted by Gasteiger charge is -2.29. The maximum absolute atomic E-state index is 13.0. The third-order valence-electron chi connectivity index (χ3n) is 3.39. The molecule has 1 heterocycles. The Morgan fingerprint density at radius 2 is 2.37 bits per heavy atom. The van der Waals surface area contributed by atoms with Crippen molar-refractivity contribution in [2.24, 2.45) is 0 Å². The Kier molecular flexibility index (Phi) is 4.63. The fraction of sp³-hybridized carbons (Fsp3) is 0.538. The van der Waals surface area contributed by atoms with Crippen LogP contribution in [0.2, 0.25) is 0 Å². The minimum absolute atomic E-state index is 0.105. The number of anilines is 1. The van der Waals surface area contributed by atoms with Crippen LogP contribution in [-0.4, -0.2) is 33.6 Å². The molecule has 0 aliphatic heterocycles. The monoisotopic (exact) mass is 284 g/mol. The van der Waals surface area contributed by atoms with Gasteiger partial charge in [-0.05, 0) is 31.6 Å². The molecule has 19 heavy (non-hydrogen) atoms. The molecule has 6 heteroatoms. The molecule has 0 spiro atoms. The van der Waals surface area contributed by atoms with E-state index in [9.17, 15) is 9.18 Å². The van der Waals surface area contributed by atoms with E-state index in [4.69, 9.17) is 5.11 Å². The molecule has 1 aromatic heterocycles. The molecule has 2 rings (SSSR count). The summed E-state index contributed by atoms with van der Waals surface area (Å²) >= 11 is 1.84. The molecule has 104 valence electrons. The number of pyridine rings is 1. The summed E-state index contributed by atoms with van der Waals surface area (Å²) in [7, 11) is 0. The topological polar surface area (TPSA) is 62.2 Å². The van der Waals surface area contributed by atoms with Crippen LogP contribution in [0.4, 0.5) is 10.2 Å². The number of carboxylic acid groups (broad SMARTS) is 1. The first-order valence-corrected chi connectivity index (χ1v) is 7.57. The quantitative estimate of drug-likeness (QED) is 0.890. The van der Waals surface area contributed by atoms with Gasteiger partial charge in [0.2, 0.25) is 0 Å². The van der Waals surface area contributed by atoms with Gasteiger partial charge in [0.15, 0.2) is 0 Å². The first-order valence-electron chi connectivity index (χ1n) is 6.28. The summed E-state index contributed by atoms with van der Waals surface area (Å²) in [6, 6.07) is 1.22. The van der Waals surface area contributed by atoms with Crippen molar-refractivity contribution in [3.8, 4) is 0 Å². The number of nitrogens with zero attached hydrogens (tertiary/aromatic N) is 1. The van der Waals surface area contributed by atoms with Gasteiger partial charge in [-0.2, -0.15) is 11.8 Å². The second kappa shape index (κ2) is 6.23. The Balaban J connectivity index is 2.12. The minimum Gasteiger partial charge on any atom is -0.478 e. The molecule has 0 saturated heterocycles. The summed E-state index contributed by atoms with van der Waals surface area (Å²) < 4.78 is 13.0. The Morgan fingerprint density at radius 1 is 1.58 bits per heavy atom. The molecule has 0 bridgehead atoms. The number of rotatable bonds is 4. The number of nitrogens with one attached hydrogen (secondary N) is 1. The highest BCUT2D eigenvalue weighted by molar-refractivity contribution is 7.99. The van der Waals surface area contributed by atoms with Gasteiger partial charge in [-0.1, -0.05) is 6.42 Å². The van der Waals surface area contributed by atoms with Crippen LogP contribution in [-0.2, 0) is 0 Å². The van der Waals surface area contributed by atoms with Crippen LogP contribution in [0.3, 0.4) is 0 Å². The van der Waals surface area contributed by atoms with E-state index in [1.165, 1.54) is 6.42 Å². The van der Waals surface area contributed by atoms with Crippen LogP contribution < -0.4 is 5.32 Å². The number of carboxylic acids is 1. The van der Waals surface area contributed by atoms with Gasteiger partial charge in [-0.25, -0.2) is 14.2 Å². The van der Waals surface area contributed by atoms with Crippen molar-refractivity contribution in [3.05, 3.63) is 23.6 Å². The molecule has 1 saturated carbocycles. The van der Waals surface area contributed by atoms with Crippen molar-refractivity contribution in [2.45, 2.75) is 37.0 Å². The molecule has 1 aromatic rings. The van der Waals surface area contributed by atoms with Gasteiger partial charge in [0.25, 0.3) is 0 Å².